The summed E-state index contributed by atoms with van der Waals surface area (Å²) in [5, 5.41) is 9.70. The Morgan fingerprint density at radius 2 is 1.92 bits per heavy atom. The lowest BCUT2D eigenvalue weighted by Gasteiger charge is -2.43. The molecule has 0 bridgehead atoms. The number of hydrogen-bond acceptors (Lipinski definition) is 2. The Kier molecular flexibility index (Phi) is 2.15. The van der Waals surface area contributed by atoms with Crippen LogP contribution in [0.4, 0.5) is 0 Å². The molecule has 0 amide bonds. The Balaban J connectivity index is 2.99. The zero-order valence-corrected chi connectivity index (χ0v) is 7.91. The van der Waals surface area contributed by atoms with Gasteiger partial charge in [0, 0.05) is 0 Å². The number of aliphatic hydroxyl groups excluding tert-OH is 1. The Labute approximate surface area is 73.8 Å². The molecule has 1 aliphatic rings. The number of aliphatic hydroxyl groups is 1. The Morgan fingerprint density at radius 3 is 2.25 bits per heavy atom. The fourth-order valence-electron chi connectivity index (χ4n) is 1.34. The van der Waals surface area contributed by atoms with Crippen LogP contribution in [-0.2, 0) is 0 Å². The van der Waals surface area contributed by atoms with Crippen molar-refractivity contribution in [3.05, 3.63) is 24.3 Å². The van der Waals surface area contributed by atoms with Crippen molar-refractivity contribution in [2.45, 2.75) is 32.4 Å². The molecule has 1 rings (SSSR count). The molecule has 0 aromatic carbocycles. The van der Waals surface area contributed by atoms with Gasteiger partial charge in [0.2, 0.25) is 0 Å². The largest absolute Gasteiger partial charge is 0.387 e. The van der Waals surface area contributed by atoms with Gasteiger partial charge in [-0.15, -0.1) is 0 Å². The van der Waals surface area contributed by atoms with Crippen LogP contribution in [0, 0.1) is 5.41 Å². The first-order chi connectivity index (χ1) is 5.38. The lowest BCUT2D eigenvalue weighted by atomic mass is 9.69. The molecule has 0 heterocycles. The van der Waals surface area contributed by atoms with Gasteiger partial charge < -0.3 is 10.8 Å². The SMILES string of the molecule is CC(C)(C)C1(N)C=CC=CC1O. The Bertz CT molecular complexity index is 224. The van der Waals surface area contributed by atoms with E-state index < -0.39 is 11.6 Å². The zero-order chi connectivity index (χ0) is 9.41. The molecule has 0 spiro atoms. The second kappa shape index (κ2) is 2.71. The van der Waals surface area contributed by atoms with Crippen molar-refractivity contribution in [3.63, 3.8) is 0 Å². The molecule has 2 unspecified atom stereocenters. The first-order valence-corrected chi connectivity index (χ1v) is 4.21. The molecule has 68 valence electrons. The van der Waals surface area contributed by atoms with Gasteiger partial charge in [-0.2, -0.15) is 0 Å². The maximum atomic E-state index is 9.70. The highest BCUT2D eigenvalue weighted by Gasteiger charge is 2.41. The molecule has 1 aliphatic carbocycles. The molecule has 12 heavy (non-hydrogen) atoms. The summed E-state index contributed by atoms with van der Waals surface area (Å²) >= 11 is 0. The predicted molar refractivity (Wildman–Crippen MR) is 50.7 cm³/mol. The summed E-state index contributed by atoms with van der Waals surface area (Å²) < 4.78 is 0. The average Bonchev–Trinajstić information content (AvgIpc) is 1.93. The van der Waals surface area contributed by atoms with Gasteiger partial charge in [-0.05, 0) is 5.41 Å². The van der Waals surface area contributed by atoms with Gasteiger partial charge in [-0.25, -0.2) is 0 Å². The second-order valence-electron chi connectivity index (χ2n) is 4.37. The van der Waals surface area contributed by atoms with Crippen molar-refractivity contribution in [2.75, 3.05) is 0 Å². The van der Waals surface area contributed by atoms with E-state index in [1.807, 2.05) is 39.0 Å². The highest BCUT2D eigenvalue weighted by molar-refractivity contribution is 5.27. The lowest BCUT2D eigenvalue weighted by Crippen LogP contribution is -2.58. The predicted octanol–water partition coefficient (Wildman–Crippen LogP) is 1.22. The van der Waals surface area contributed by atoms with Gasteiger partial charge in [0.15, 0.2) is 0 Å². The number of nitrogens with two attached hydrogens (primary N) is 1. The van der Waals surface area contributed by atoms with Crippen molar-refractivity contribution < 1.29 is 5.11 Å². The van der Waals surface area contributed by atoms with Crippen LogP contribution in [0.15, 0.2) is 24.3 Å². The summed E-state index contributed by atoms with van der Waals surface area (Å²) in [5.41, 5.74) is 5.32. The maximum Gasteiger partial charge on any atom is 0.0944 e. The van der Waals surface area contributed by atoms with Crippen LogP contribution in [0.2, 0.25) is 0 Å². The molecule has 2 atom stereocenters. The first-order valence-electron chi connectivity index (χ1n) is 4.21. The number of hydrogen-bond donors (Lipinski definition) is 2. The second-order valence-corrected chi connectivity index (χ2v) is 4.37. The molecule has 3 N–H and O–H groups in total. The van der Waals surface area contributed by atoms with Gasteiger partial charge >= 0.3 is 0 Å². The first kappa shape index (κ1) is 9.49. The van der Waals surface area contributed by atoms with E-state index in [0.29, 0.717) is 0 Å². The van der Waals surface area contributed by atoms with Crippen molar-refractivity contribution in [3.8, 4) is 0 Å². The fraction of sp³-hybridized carbons (Fsp3) is 0.600. The molecule has 0 saturated heterocycles. The highest BCUT2D eigenvalue weighted by atomic mass is 16.3. The molecular weight excluding hydrogens is 150 g/mol. The number of rotatable bonds is 0. The summed E-state index contributed by atoms with van der Waals surface area (Å²) in [7, 11) is 0. The molecule has 2 heteroatoms. The van der Waals surface area contributed by atoms with Crippen molar-refractivity contribution in [1.82, 2.24) is 0 Å². The van der Waals surface area contributed by atoms with Gasteiger partial charge in [0.05, 0.1) is 11.6 Å². The van der Waals surface area contributed by atoms with E-state index in [1.54, 1.807) is 6.08 Å². The van der Waals surface area contributed by atoms with Crippen molar-refractivity contribution >= 4 is 0 Å². The molecule has 0 aliphatic heterocycles. The van der Waals surface area contributed by atoms with Gasteiger partial charge in [0.1, 0.15) is 0 Å². The normalized spacial score (nSPS) is 35.6. The monoisotopic (exact) mass is 167 g/mol. The Hall–Kier alpha value is -0.600. The summed E-state index contributed by atoms with van der Waals surface area (Å²) in [6.07, 6.45) is 6.73. The lowest BCUT2D eigenvalue weighted by molar-refractivity contribution is 0.0780. The van der Waals surface area contributed by atoms with Crippen LogP contribution in [0.25, 0.3) is 0 Å². The zero-order valence-electron chi connectivity index (χ0n) is 7.91. The quantitative estimate of drug-likeness (QED) is 0.569. The maximum absolute atomic E-state index is 9.70. The van der Waals surface area contributed by atoms with Gasteiger partial charge in [-0.1, -0.05) is 45.1 Å². The van der Waals surface area contributed by atoms with Gasteiger partial charge in [-0.3, -0.25) is 0 Å². The minimum absolute atomic E-state index is 0.131. The molecule has 0 aromatic heterocycles. The molecule has 0 fully saturated rings. The average molecular weight is 167 g/mol. The van der Waals surface area contributed by atoms with E-state index in [0.717, 1.165) is 0 Å². The van der Waals surface area contributed by atoms with Crippen LogP contribution in [0.5, 0.6) is 0 Å². The third kappa shape index (κ3) is 1.32. The van der Waals surface area contributed by atoms with E-state index in [-0.39, 0.29) is 5.41 Å². The molecule has 2 nitrogen and oxygen atoms in total. The smallest absolute Gasteiger partial charge is 0.0944 e. The minimum Gasteiger partial charge on any atom is -0.387 e. The Morgan fingerprint density at radius 1 is 1.33 bits per heavy atom. The van der Waals surface area contributed by atoms with Crippen LogP contribution in [-0.4, -0.2) is 16.7 Å². The molecule has 0 saturated carbocycles. The standard InChI is InChI=1S/C10H17NO/c1-9(2,3)10(11)7-5-4-6-8(10)12/h4-8,12H,11H2,1-3H3. The van der Waals surface area contributed by atoms with Crippen LogP contribution in [0.1, 0.15) is 20.8 Å². The third-order valence-electron chi connectivity index (χ3n) is 2.56. The van der Waals surface area contributed by atoms with Gasteiger partial charge in [0.25, 0.3) is 0 Å². The van der Waals surface area contributed by atoms with E-state index in [4.69, 9.17) is 5.73 Å². The summed E-state index contributed by atoms with van der Waals surface area (Å²) in [4.78, 5) is 0. The van der Waals surface area contributed by atoms with Crippen molar-refractivity contribution in [2.24, 2.45) is 11.1 Å². The minimum atomic E-state index is -0.637. The van der Waals surface area contributed by atoms with Crippen molar-refractivity contribution in [1.29, 1.82) is 0 Å². The topological polar surface area (TPSA) is 46.2 Å². The summed E-state index contributed by atoms with van der Waals surface area (Å²) in [6, 6.07) is 0. The highest BCUT2D eigenvalue weighted by Crippen LogP contribution is 2.34. The third-order valence-corrected chi connectivity index (χ3v) is 2.56. The molecule has 0 aromatic rings. The summed E-state index contributed by atoms with van der Waals surface area (Å²) in [6.45, 7) is 6.08. The van der Waals surface area contributed by atoms with E-state index in [1.165, 1.54) is 0 Å². The fourth-order valence-corrected chi connectivity index (χ4v) is 1.34. The summed E-state index contributed by atoms with van der Waals surface area (Å²) in [5.74, 6) is 0. The van der Waals surface area contributed by atoms with Crippen LogP contribution < -0.4 is 5.73 Å². The molecule has 0 radical (unpaired) electrons. The van der Waals surface area contributed by atoms with Crippen LogP contribution in [0.3, 0.4) is 0 Å². The number of allylic oxidation sites excluding steroid dienone is 2. The van der Waals surface area contributed by atoms with E-state index in [2.05, 4.69) is 0 Å². The van der Waals surface area contributed by atoms with E-state index in [9.17, 15) is 5.11 Å². The van der Waals surface area contributed by atoms with E-state index >= 15 is 0 Å². The molecular formula is C10H17NO. The van der Waals surface area contributed by atoms with Crippen LogP contribution >= 0.6 is 0 Å².